The number of hydrogen-bond acceptors (Lipinski definition) is 8. The van der Waals surface area contributed by atoms with Gasteiger partial charge in [0.2, 0.25) is 11.6 Å². The Balaban J connectivity index is 1.24. The van der Waals surface area contributed by atoms with Gasteiger partial charge in [0, 0.05) is 65.4 Å². The molecule has 9 heteroatoms. The Morgan fingerprint density at radius 2 is 1.06 bits per heavy atom. The summed E-state index contributed by atoms with van der Waals surface area (Å²) in [4.78, 5) is 29.5. The van der Waals surface area contributed by atoms with Gasteiger partial charge in [-0.15, -0.1) is 0 Å². The van der Waals surface area contributed by atoms with Crippen LogP contribution in [-0.4, -0.2) is 77.0 Å². The number of hydrogen-bond donors (Lipinski definition) is 0. The van der Waals surface area contributed by atoms with Gasteiger partial charge in [-0.3, -0.25) is 19.9 Å². The molecule has 2 aromatic carbocycles. The molecule has 0 radical (unpaired) electrons. The Bertz CT molecular complexity index is 1030. The molecular formula is C26H31N7O2. The first-order valence-electron chi connectivity index (χ1n) is 12.2. The molecule has 0 unspecified atom stereocenters. The molecule has 3 heterocycles. The van der Waals surface area contributed by atoms with Crippen molar-refractivity contribution in [2.24, 2.45) is 0 Å². The fraction of sp³-hybridized carbons (Fsp3) is 0.385. The number of anilines is 2. The first-order chi connectivity index (χ1) is 17.2. The van der Waals surface area contributed by atoms with Crippen LogP contribution in [0.25, 0.3) is 0 Å². The maximum Gasteiger partial charge on any atom is 0.353 e. The monoisotopic (exact) mass is 473 g/mol. The predicted molar refractivity (Wildman–Crippen MR) is 137 cm³/mol. The van der Waals surface area contributed by atoms with E-state index in [1.165, 1.54) is 17.5 Å². The second-order valence-electron chi connectivity index (χ2n) is 9.12. The molecule has 0 aliphatic carbocycles. The minimum absolute atomic E-state index is 0.0283. The fourth-order valence-electron chi connectivity index (χ4n) is 4.91. The van der Waals surface area contributed by atoms with Crippen LogP contribution < -0.4 is 9.80 Å². The number of aromatic nitrogens is 2. The van der Waals surface area contributed by atoms with Crippen molar-refractivity contribution >= 4 is 17.3 Å². The Morgan fingerprint density at radius 1 is 0.657 bits per heavy atom. The van der Waals surface area contributed by atoms with Crippen molar-refractivity contribution in [2.75, 3.05) is 62.2 Å². The minimum Gasteiger partial charge on any atom is -0.348 e. The Hall–Kier alpha value is -3.56. The maximum atomic E-state index is 12.2. The summed E-state index contributed by atoms with van der Waals surface area (Å²) in [7, 11) is 0. The molecule has 0 saturated carbocycles. The van der Waals surface area contributed by atoms with Gasteiger partial charge in [0.25, 0.3) is 0 Å². The fourth-order valence-corrected chi connectivity index (χ4v) is 4.91. The minimum atomic E-state index is -0.308. The van der Waals surface area contributed by atoms with E-state index in [-0.39, 0.29) is 10.6 Å². The Morgan fingerprint density at radius 3 is 1.43 bits per heavy atom. The molecule has 5 rings (SSSR count). The topological polar surface area (TPSA) is 81.9 Å². The molecule has 2 saturated heterocycles. The molecule has 0 spiro atoms. The van der Waals surface area contributed by atoms with Crippen LogP contribution in [0.5, 0.6) is 0 Å². The summed E-state index contributed by atoms with van der Waals surface area (Å²) < 4.78 is 0. The van der Waals surface area contributed by atoms with Gasteiger partial charge < -0.3 is 9.80 Å². The zero-order valence-corrected chi connectivity index (χ0v) is 19.9. The number of piperazine rings is 2. The lowest BCUT2D eigenvalue weighted by Crippen LogP contribution is -2.47. The summed E-state index contributed by atoms with van der Waals surface area (Å²) in [6.45, 7) is 7.94. The first kappa shape index (κ1) is 23.2. The zero-order valence-electron chi connectivity index (χ0n) is 19.9. The summed E-state index contributed by atoms with van der Waals surface area (Å²) in [6.07, 6.45) is 1.48. The van der Waals surface area contributed by atoms with Crippen LogP contribution in [0.4, 0.5) is 17.3 Å². The van der Waals surface area contributed by atoms with Crippen molar-refractivity contribution < 1.29 is 4.92 Å². The van der Waals surface area contributed by atoms with Crippen LogP contribution in [0.3, 0.4) is 0 Å². The van der Waals surface area contributed by atoms with Crippen LogP contribution in [0.1, 0.15) is 11.1 Å². The smallest absolute Gasteiger partial charge is 0.348 e. The SMILES string of the molecule is O=[N+]([O-])c1c(N2CCN(Cc3ccccc3)CC2)ncnc1N1CCN(Cc2ccccc2)CC1. The highest BCUT2D eigenvalue weighted by atomic mass is 16.6. The summed E-state index contributed by atoms with van der Waals surface area (Å²) in [5.74, 6) is 0.872. The van der Waals surface area contributed by atoms with E-state index in [0.717, 1.165) is 39.3 Å². The van der Waals surface area contributed by atoms with Crippen molar-refractivity contribution in [2.45, 2.75) is 13.1 Å². The summed E-state index contributed by atoms with van der Waals surface area (Å²) in [5, 5.41) is 12.2. The van der Waals surface area contributed by atoms with Crippen LogP contribution in [0.15, 0.2) is 67.0 Å². The summed E-state index contributed by atoms with van der Waals surface area (Å²) in [6, 6.07) is 20.8. The molecule has 2 fully saturated rings. The lowest BCUT2D eigenvalue weighted by atomic mass is 10.2. The molecule has 0 atom stereocenters. The second-order valence-corrected chi connectivity index (χ2v) is 9.12. The highest BCUT2D eigenvalue weighted by Crippen LogP contribution is 2.35. The van der Waals surface area contributed by atoms with E-state index in [1.54, 1.807) is 0 Å². The van der Waals surface area contributed by atoms with E-state index in [0.29, 0.717) is 37.8 Å². The molecule has 2 aliphatic heterocycles. The molecule has 3 aromatic rings. The average molecular weight is 474 g/mol. The highest BCUT2D eigenvalue weighted by Gasteiger charge is 2.32. The largest absolute Gasteiger partial charge is 0.353 e. The van der Waals surface area contributed by atoms with Gasteiger partial charge >= 0.3 is 5.69 Å². The lowest BCUT2D eigenvalue weighted by molar-refractivity contribution is -0.383. The number of nitro groups is 1. The van der Waals surface area contributed by atoms with E-state index < -0.39 is 0 Å². The van der Waals surface area contributed by atoms with Crippen molar-refractivity contribution in [1.82, 2.24) is 19.8 Å². The van der Waals surface area contributed by atoms with Crippen LogP contribution >= 0.6 is 0 Å². The van der Waals surface area contributed by atoms with Crippen LogP contribution in [0, 0.1) is 10.1 Å². The third-order valence-corrected chi connectivity index (χ3v) is 6.81. The Kier molecular flexibility index (Phi) is 7.15. The van der Waals surface area contributed by atoms with Gasteiger partial charge in [0.05, 0.1) is 4.92 Å². The number of nitrogens with zero attached hydrogens (tertiary/aromatic N) is 7. The third kappa shape index (κ3) is 5.58. The number of rotatable bonds is 7. The van der Waals surface area contributed by atoms with Crippen molar-refractivity contribution in [3.63, 3.8) is 0 Å². The third-order valence-electron chi connectivity index (χ3n) is 6.81. The van der Waals surface area contributed by atoms with Gasteiger partial charge in [0.15, 0.2) is 0 Å². The van der Waals surface area contributed by atoms with Crippen molar-refractivity contribution in [3.05, 3.63) is 88.2 Å². The average Bonchev–Trinajstić information content (AvgIpc) is 2.90. The molecule has 182 valence electrons. The normalized spacial score (nSPS) is 17.5. The molecule has 0 bridgehead atoms. The molecule has 1 aromatic heterocycles. The van der Waals surface area contributed by atoms with Gasteiger partial charge in [-0.05, 0) is 11.1 Å². The Labute approximate surface area is 205 Å². The van der Waals surface area contributed by atoms with Crippen molar-refractivity contribution in [1.29, 1.82) is 0 Å². The molecule has 9 nitrogen and oxygen atoms in total. The van der Waals surface area contributed by atoms with E-state index >= 15 is 0 Å². The highest BCUT2D eigenvalue weighted by molar-refractivity contribution is 5.71. The predicted octanol–water partition coefficient (Wildman–Crippen LogP) is 3.03. The molecule has 0 N–H and O–H groups in total. The summed E-state index contributed by atoms with van der Waals surface area (Å²) >= 11 is 0. The van der Waals surface area contributed by atoms with E-state index in [2.05, 4.69) is 68.3 Å². The number of benzene rings is 2. The zero-order chi connectivity index (χ0) is 24.0. The molecular weight excluding hydrogens is 442 g/mol. The quantitative estimate of drug-likeness (QED) is 0.383. The maximum absolute atomic E-state index is 12.2. The van der Waals surface area contributed by atoms with Gasteiger partial charge in [0.1, 0.15) is 6.33 Å². The van der Waals surface area contributed by atoms with Gasteiger partial charge in [-0.2, -0.15) is 0 Å². The van der Waals surface area contributed by atoms with Crippen LogP contribution in [-0.2, 0) is 13.1 Å². The second kappa shape index (κ2) is 10.8. The van der Waals surface area contributed by atoms with E-state index in [1.807, 2.05) is 21.9 Å². The van der Waals surface area contributed by atoms with Crippen molar-refractivity contribution in [3.8, 4) is 0 Å². The molecule has 2 aliphatic rings. The lowest BCUT2D eigenvalue weighted by Gasteiger charge is -2.37. The van der Waals surface area contributed by atoms with E-state index in [9.17, 15) is 10.1 Å². The molecule has 35 heavy (non-hydrogen) atoms. The van der Waals surface area contributed by atoms with Crippen LogP contribution in [0.2, 0.25) is 0 Å². The van der Waals surface area contributed by atoms with E-state index in [4.69, 9.17) is 0 Å². The first-order valence-corrected chi connectivity index (χ1v) is 12.2. The van der Waals surface area contributed by atoms with Gasteiger partial charge in [-0.25, -0.2) is 9.97 Å². The van der Waals surface area contributed by atoms with Gasteiger partial charge in [-0.1, -0.05) is 60.7 Å². The summed E-state index contributed by atoms with van der Waals surface area (Å²) in [5.41, 5.74) is 2.59. The standard InChI is InChI=1S/C26H31N7O2/c34-33(35)24-25(31-15-11-29(12-16-31)19-22-7-3-1-4-8-22)27-21-28-26(24)32-17-13-30(14-18-32)20-23-9-5-2-6-10-23/h1-10,21H,11-20H2. The molecule has 0 amide bonds.